The molecule has 7 aliphatic rings. The summed E-state index contributed by atoms with van der Waals surface area (Å²) in [6.07, 6.45) is 8.46. The normalized spacial score (nSPS) is 47.4. The van der Waals surface area contributed by atoms with E-state index in [1.165, 1.54) is 6.92 Å². The molecule has 6 heterocycles. The van der Waals surface area contributed by atoms with Gasteiger partial charge in [-0.3, -0.25) is 9.59 Å². The van der Waals surface area contributed by atoms with Crippen LogP contribution in [0.2, 0.25) is 0 Å². The van der Waals surface area contributed by atoms with Crippen LogP contribution in [0, 0.1) is 23.7 Å². The van der Waals surface area contributed by atoms with Gasteiger partial charge in [-0.2, -0.15) is 0 Å². The highest BCUT2D eigenvalue weighted by molar-refractivity contribution is 5.78. The maximum Gasteiger partial charge on any atom is 0.316 e. The summed E-state index contributed by atoms with van der Waals surface area (Å²) >= 11 is 0. The van der Waals surface area contributed by atoms with Crippen molar-refractivity contribution in [3.8, 4) is 0 Å². The van der Waals surface area contributed by atoms with E-state index < -0.39 is 84.7 Å². The molecule has 19 atom stereocenters. The largest absolute Gasteiger partial charge is 0.462 e. The van der Waals surface area contributed by atoms with Gasteiger partial charge >= 0.3 is 5.97 Å². The van der Waals surface area contributed by atoms with Gasteiger partial charge in [-0.25, -0.2) is 0 Å². The first-order valence-corrected chi connectivity index (χ1v) is 23.3. The number of carbonyl (C=O) groups excluding carboxylic acids is 2. The Morgan fingerprint density at radius 3 is 2.31 bits per heavy atom. The number of aliphatic hydroxyl groups is 2. The molecule has 0 unspecified atom stereocenters. The van der Waals surface area contributed by atoms with Crippen LogP contribution < -0.4 is 5.32 Å². The van der Waals surface area contributed by atoms with Gasteiger partial charge in [-0.15, -0.1) is 0 Å². The van der Waals surface area contributed by atoms with Crippen molar-refractivity contribution >= 4 is 11.9 Å². The molecule has 2 bridgehead atoms. The van der Waals surface area contributed by atoms with E-state index in [1.54, 1.807) is 33.3 Å². The van der Waals surface area contributed by atoms with Crippen LogP contribution in [0.15, 0.2) is 59.3 Å². The van der Waals surface area contributed by atoms with E-state index in [1.807, 2.05) is 39.0 Å². The van der Waals surface area contributed by atoms with Crippen LogP contribution in [0.5, 0.6) is 0 Å². The fourth-order valence-electron chi connectivity index (χ4n) is 10.9. The highest BCUT2D eigenvalue weighted by Gasteiger charge is 2.60. The topological polar surface area (TPSA) is 179 Å². The molecule has 0 saturated carbocycles. The van der Waals surface area contributed by atoms with Gasteiger partial charge in [0.05, 0.1) is 55.4 Å². The second kappa shape index (κ2) is 20.2. The summed E-state index contributed by atoms with van der Waals surface area (Å²) in [5.74, 6) is -2.81. The summed E-state index contributed by atoms with van der Waals surface area (Å²) in [7, 11) is 3.27. The Labute approximate surface area is 378 Å². The number of hydrogen-bond donors (Lipinski definition) is 3. The van der Waals surface area contributed by atoms with E-state index in [0.717, 1.165) is 5.57 Å². The Hall–Kier alpha value is -2.80. The number of allylic oxidation sites excluding steroid dienone is 2. The number of amides is 1. The molecule has 4 saturated heterocycles. The van der Waals surface area contributed by atoms with Crippen LogP contribution in [0.3, 0.4) is 0 Å². The highest BCUT2D eigenvalue weighted by atomic mass is 16.7. The molecule has 7 rings (SSSR count). The molecule has 64 heavy (non-hydrogen) atoms. The fourth-order valence-corrected chi connectivity index (χ4v) is 10.9. The maximum atomic E-state index is 14.3. The Morgan fingerprint density at radius 2 is 1.61 bits per heavy atom. The van der Waals surface area contributed by atoms with Crippen molar-refractivity contribution in [2.45, 2.75) is 192 Å². The summed E-state index contributed by atoms with van der Waals surface area (Å²) in [5.41, 5.74) is 0.112. The SMILES string of the molecule is CO[C@H]1C[C@@H](O[C@@H]2[C@H](C)O[C@H](O[C@@H]3/C(C)=C/C[C@@H]4C[C@@H](C[C@]5(C=C[C@H](C)[C@@H](C(C)C)O5)O4)OC(=O)[C@@H]4C=C(C)[C@@H](O)[C@@H]5OC/C(=C\C=C\[C@@H]3C)[C@@]45O)C[C@@H]2OC)O[C@H](C)[C@@H]1NC(C)=O. The lowest BCUT2D eigenvalue weighted by Crippen LogP contribution is -2.58. The van der Waals surface area contributed by atoms with Crippen molar-refractivity contribution in [2.75, 3.05) is 20.8 Å². The van der Waals surface area contributed by atoms with E-state index in [9.17, 15) is 19.8 Å². The Balaban J connectivity index is 1.16. The second-order valence-corrected chi connectivity index (χ2v) is 19.5. The zero-order valence-corrected chi connectivity index (χ0v) is 39.5. The fraction of sp³-hybridized carbons (Fsp3) is 0.755. The van der Waals surface area contributed by atoms with Crippen LogP contribution in [-0.2, 0) is 57.0 Å². The average Bonchev–Trinajstić information content (AvgIpc) is 3.58. The van der Waals surface area contributed by atoms with Crippen molar-refractivity contribution in [3.63, 3.8) is 0 Å². The number of ether oxygens (including phenoxy) is 10. The third kappa shape index (κ3) is 10.2. The minimum absolute atomic E-state index is 0.0266. The lowest BCUT2D eigenvalue weighted by molar-refractivity contribution is -0.311. The minimum atomic E-state index is -1.84. The average molecular weight is 900 g/mol. The number of fused-ring (bicyclic) bond motifs is 2. The van der Waals surface area contributed by atoms with Crippen molar-refractivity contribution in [2.24, 2.45) is 23.7 Å². The third-order valence-corrected chi connectivity index (χ3v) is 14.4. The molecule has 3 N–H and O–H groups in total. The van der Waals surface area contributed by atoms with Gasteiger partial charge < -0.3 is 62.9 Å². The number of nitrogens with one attached hydrogen (secondary N) is 1. The molecule has 1 aliphatic carbocycles. The first-order valence-electron chi connectivity index (χ1n) is 23.3. The zero-order chi connectivity index (χ0) is 46.2. The smallest absolute Gasteiger partial charge is 0.316 e. The standard InChI is InChI=1S/C49H73NO14/c1-25(2)43-28(5)17-18-48(64-43)23-35-20-34(63-48)16-15-27(4)44(26(3)13-12-14-33-24-57-46-42(52)29(6)19-36(47(53)60-35)49(33,46)54)61-40-22-38(56-11)45(31(8)59-40)62-39-21-37(55-10)41(30(7)58-39)50-32(9)51/h12-15,17-19,25-26,28,30-31,34-46,52,54H,16,20-24H2,1-11H3,(H,50,51)/b13-12+,27-15+,33-14+/t26-,28-,30+,31-,34+,35-,36-,37-,38-,39+,40+,41-,42+,43+,44-,45+,46-,48+,49+/m0/s1. The van der Waals surface area contributed by atoms with Crippen LogP contribution in [0.4, 0.5) is 0 Å². The lowest BCUT2D eigenvalue weighted by Gasteiger charge is -2.48. The van der Waals surface area contributed by atoms with Crippen molar-refractivity contribution in [1.29, 1.82) is 0 Å². The van der Waals surface area contributed by atoms with Gasteiger partial charge in [0.2, 0.25) is 5.91 Å². The van der Waals surface area contributed by atoms with Crippen LogP contribution >= 0.6 is 0 Å². The van der Waals surface area contributed by atoms with Gasteiger partial charge in [0.1, 0.15) is 35.9 Å². The van der Waals surface area contributed by atoms with Gasteiger partial charge in [0, 0.05) is 58.7 Å². The molecule has 0 radical (unpaired) electrons. The van der Waals surface area contributed by atoms with Crippen LogP contribution in [0.25, 0.3) is 0 Å². The first-order chi connectivity index (χ1) is 30.4. The second-order valence-electron chi connectivity index (χ2n) is 19.5. The van der Waals surface area contributed by atoms with Crippen molar-refractivity contribution in [3.05, 3.63) is 59.3 Å². The number of hydrogen-bond acceptors (Lipinski definition) is 14. The molecule has 15 heteroatoms. The molecule has 15 nitrogen and oxygen atoms in total. The molecule has 0 aromatic rings. The summed E-state index contributed by atoms with van der Waals surface area (Å²) in [6, 6.07) is -0.314. The van der Waals surface area contributed by atoms with Gasteiger partial charge in [-0.05, 0) is 62.8 Å². The molecule has 6 aliphatic heterocycles. The molecule has 1 amide bonds. The summed E-state index contributed by atoms with van der Waals surface area (Å²) in [5, 5.41) is 26.7. The first kappa shape index (κ1) is 49.1. The zero-order valence-electron chi connectivity index (χ0n) is 39.5. The summed E-state index contributed by atoms with van der Waals surface area (Å²) < 4.78 is 64.2. The van der Waals surface area contributed by atoms with E-state index in [0.29, 0.717) is 36.8 Å². The van der Waals surface area contributed by atoms with E-state index in [-0.39, 0.29) is 61.0 Å². The van der Waals surface area contributed by atoms with E-state index in [2.05, 4.69) is 45.2 Å². The molecule has 1 spiro atoms. The number of carbonyl (C=O) groups is 2. The van der Waals surface area contributed by atoms with Gasteiger partial charge in [-0.1, -0.05) is 64.2 Å². The summed E-state index contributed by atoms with van der Waals surface area (Å²) in [4.78, 5) is 26.2. The quantitative estimate of drug-likeness (QED) is 0.216. The predicted molar refractivity (Wildman–Crippen MR) is 234 cm³/mol. The van der Waals surface area contributed by atoms with E-state index in [4.69, 9.17) is 47.4 Å². The number of aliphatic hydroxyl groups excluding tert-OH is 1. The Kier molecular flexibility index (Phi) is 15.5. The molecule has 4 fully saturated rings. The third-order valence-electron chi connectivity index (χ3n) is 14.4. The monoisotopic (exact) mass is 900 g/mol. The van der Waals surface area contributed by atoms with Gasteiger partial charge in [0.15, 0.2) is 18.4 Å². The minimum Gasteiger partial charge on any atom is -0.462 e. The predicted octanol–water partition coefficient (Wildman–Crippen LogP) is 5.13. The molecular formula is C49H73NO14. The summed E-state index contributed by atoms with van der Waals surface area (Å²) in [6.45, 7) is 17.5. The lowest BCUT2D eigenvalue weighted by atomic mass is 9.71. The molecule has 0 aromatic heterocycles. The molecule has 358 valence electrons. The highest BCUT2D eigenvalue weighted by Crippen LogP contribution is 2.47. The molecular weight excluding hydrogens is 827 g/mol. The Morgan fingerprint density at radius 1 is 0.906 bits per heavy atom. The van der Waals surface area contributed by atoms with Crippen molar-refractivity contribution < 1.29 is 67.2 Å². The Bertz CT molecular complexity index is 1830. The number of esters is 1. The van der Waals surface area contributed by atoms with Gasteiger partial charge in [0.25, 0.3) is 0 Å². The number of rotatable bonds is 8. The van der Waals surface area contributed by atoms with Crippen LogP contribution in [-0.4, -0.2) is 140 Å². The van der Waals surface area contributed by atoms with Crippen molar-refractivity contribution in [1.82, 2.24) is 5.32 Å². The molecule has 0 aromatic carbocycles. The van der Waals surface area contributed by atoms with Crippen LogP contribution in [0.1, 0.15) is 94.4 Å². The maximum absolute atomic E-state index is 14.3. The van der Waals surface area contributed by atoms with E-state index >= 15 is 0 Å². The number of methoxy groups -OCH3 is 2.